The second kappa shape index (κ2) is 7.32. The van der Waals surface area contributed by atoms with E-state index in [-0.39, 0.29) is 18.1 Å². The number of aromatic nitrogens is 1. The summed E-state index contributed by atoms with van der Waals surface area (Å²) < 4.78 is 5.69. The molecular formula is C18H23N3O2S. The van der Waals surface area contributed by atoms with Gasteiger partial charge in [0.15, 0.2) is 0 Å². The molecule has 5 nitrogen and oxygen atoms in total. The zero-order valence-electron chi connectivity index (χ0n) is 14.3. The lowest BCUT2D eigenvalue weighted by Gasteiger charge is -2.35. The number of aryl methyl sites for hydroxylation is 1. The predicted molar refractivity (Wildman–Crippen MR) is 96.5 cm³/mol. The van der Waals surface area contributed by atoms with E-state index >= 15 is 0 Å². The van der Waals surface area contributed by atoms with Crippen molar-refractivity contribution in [2.24, 2.45) is 0 Å². The molecular weight excluding hydrogens is 322 g/mol. The van der Waals surface area contributed by atoms with Crippen LogP contribution < -0.4 is 5.32 Å². The van der Waals surface area contributed by atoms with E-state index < -0.39 is 0 Å². The maximum absolute atomic E-state index is 12.6. The van der Waals surface area contributed by atoms with Crippen LogP contribution in [-0.2, 0) is 11.3 Å². The van der Waals surface area contributed by atoms with Gasteiger partial charge in [0, 0.05) is 35.4 Å². The summed E-state index contributed by atoms with van der Waals surface area (Å²) >= 11 is 1.65. The van der Waals surface area contributed by atoms with Gasteiger partial charge < -0.3 is 15.0 Å². The molecule has 2 heterocycles. The lowest BCUT2D eigenvalue weighted by molar-refractivity contribution is -0.0586. The zero-order chi connectivity index (χ0) is 17.1. The minimum Gasteiger partial charge on any atom is -0.379 e. The summed E-state index contributed by atoms with van der Waals surface area (Å²) in [6, 6.07) is 7.65. The number of benzene rings is 1. The Bertz CT molecular complexity index is 689. The third-order valence-electron chi connectivity index (χ3n) is 3.95. The van der Waals surface area contributed by atoms with Crippen LogP contribution in [0, 0.1) is 6.92 Å². The molecule has 128 valence electrons. The molecule has 1 fully saturated rings. The SMILES string of the molecule is Cc1csc(CNc2ccc(C(=O)N3CC(C)OC(C)C3)cc2)n1. The van der Waals surface area contributed by atoms with E-state index in [4.69, 9.17) is 4.74 Å². The van der Waals surface area contributed by atoms with Gasteiger partial charge in [-0.3, -0.25) is 4.79 Å². The van der Waals surface area contributed by atoms with Crippen molar-refractivity contribution in [3.8, 4) is 0 Å². The smallest absolute Gasteiger partial charge is 0.254 e. The van der Waals surface area contributed by atoms with Crippen LogP contribution in [0.2, 0.25) is 0 Å². The van der Waals surface area contributed by atoms with Gasteiger partial charge in [-0.15, -0.1) is 11.3 Å². The Morgan fingerprint density at radius 1 is 1.29 bits per heavy atom. The van der Waals surface area contributed by atoms with E-state index in [0.29, 0.717) is 25.2 Å². The molecule has 2 aromatic rings. The molecule has 0 aliphatic carbocycles. The molecule has 1 saturated heterocycles. The van der Waals surface area contributed by atoms with Crippen LogP contribution in [0.4, 0.5) is 5.69 Å². The van der Waals surface area contributed by atoms with Crippen molar-refractivity contribution in [3.05, 3.63) is 45.9 Å². The number of rotatable bonds is 4. The van der Waals surface area contributed by atoms with Crippen molar-refractivity contribution in [3.63, 3.8) is 0 Å². The number of amides is 1. The minimum absolute atomic E-state index is 0.0686. The Hall–Kier alpha value is -1.92. The maximum Gasteiger partial charge on any atom is 0.254 e. The van der Waals surface area contributed by atoms with E-state index in [2.05, 4.69) is 10.3 Å². The summed E-state index contributed by atoms with van der Waals surface area (Å²) in [6.07, 6.45) is 0.167. The quantitative estimate of drug-likeness (QED) is 0.924. The topological polar surface area (TPSA) is 54.5 Å². The first-order valence-electron chi connectivity index (χ1n) is 8.21. The van der Waals surface area contributed by atoms with Gasteiger partial charge in [0.05, 0.1) is 18.8 Å². The summed E-state index contributed by atoms with van der Waals surface area (Å²) in [5.41, 5.74) is 2.75. The van der Waals surface area contributed by atoms with E-state index in [9.17, 15) is 4.79 Å². The van der Waals surface area contributed by atoms with Gasteiger partial charge in [0.1, 0.15) is 5.01 Å². The van der Waals surface area contributed by atoms with Gasteiger partial charge >= 0.3 is 0 Å². The fourth-order valence-electron chi connectivity index (χ4n) is 2.92. The molecule has 0 radical (unpaired) electrons. The van der Waals surface area contributed by atoms with Gasteiger partial charge in [-0.1, -0.05) is 0 Å². The molecule has 1 N–H and O–H groups in total. The van der Waals surface area contributed by atoms with Crippen LogP contribution in [0.3, 0.4) is 0 Å². The van der Waals surface area contributed by atoms with E-state index in [0.717, 1.165) is 16.4 Å². The number of thiazole rings is 1. The first kappa shape index (κ1) is 16.9. The number of nitrogens with one attached hydrogen (secondary N) is 1. The van der Waals surface area contributed by atoms with Crippen LogP contribution in [0.15, 0.2) is 29.6 Å². The average molecular weight is 345 g/mol. The number of nitrogens with zero attached hydrogens (tertiary/aromatic N) is 2. The Kier molecular flexibility index (Phi) is 5.16. The van der Waals surface area contributed by atoms with E-state index in [1.807, 2.05) is 55.3 Å². The number of hydrogen-bond donors (Lipinski definition) is 1. The molecule has 1 aliphatic heterocycles. The highest BCUT2D eigenvalue weighted by Crippen LogP contribution is 2.17. The standard InChI is InChI=1S/C18H23N3O2S/c1-12-11-24-17(20-12)8-19-16-6-4-15(5-7-16)18(22)21-9-13(2)23-14(3)10-21/h4-7,11,13-14,19H,8-10H2,1-3H3. The molecule has 1 amide bonds. The molecule has 2 unspecified atom stereocenters. The van der Waals surface area contributed by atoms with Crippen molar-refractivity contribution in [1.82, 2.24) is 9.88 Å². The van der Waals surface area contributed by atoms with Crippen molar-refractivity contribution < 1.29 is 9.53 Å². The molecule has 1 aromatic heterocycles. The fourth-order valence-corrected chi connectivity index (χ4v) is 3.63. The van der Waals surface area contributed by atoms with E-state index in [1.54, 1.807) is 11.3 Å². The predicted octanol–water partition coefficient (Wildman–Crippen LogP) is 3.31. The Balaban J connectivity index is 1.60. The second-order valence-corrected chi connectivity index (χ2v) is 7.22. The largest absolute Gasteiger partial charge is 0.379 e. The monoisotopic (exact) mass is 345 g/mol. The first-order valence-corrected chi connectivity index (χ1v) is 9.09. The second-order valence-electron chi connectivity index (χ2n) is 6.28. The normalized spacial score (nSPS) is 20.9. The van der Waals surface area contributed by atoms with Crippen LogP contribution in [0.1, 0.15) is 34.9 Å². The Morgan fingerprint density at radius 3 is 2.54 bits per heavy atom. The average Bonchev–Trinajstić information content (AvgIpc) is 2.97. The Morgan fingerprint density at radius 2 is 1.96 bits per heavy atom. The molecule has 0 bridgehead atoms. The lowest BCUT2D eigenvalue weighted by Crippen LogP contribution is -2.48. The van der Waals surface area contributed by atoms with E-state index in [1.165, 1.54) is 0 Å². The molecule has 2 atom stereocenters. The summed E-state index contributed by atoms with van der Waals surface area (Å²) in [6.45, 7) is 7.99. The molecule has 0 spiro atoms. The van der Waals surface area contributed by atoms with Gasteiger partial charge in [-0.2, -0.15) is 0 Å². The van der Waals surface area contributed by atoms with Crippen LogP contribution in [-0.4, -0.2) is 41.1 Å². The van der Waals surface area contributed by atoms with Crippen molar-refractivity contribution in [2.75, 3.05) is 18.4 Å². The zero-order valence-corrected chi connectivity index (χ0v) is 15.1. The molecule has 6 heteroatoms. The molecule has 0 saturated carbocycles. The highest BCUT2D eigenvalue weighted by molar-refractivity contribution is 7.09. The van der Waals surface area contributed by atoms with Gasteiger partial charge in [0.25, 0.3) is 5.91 Å². The fraction of sp³-hybridized carbons (Fsp3) is 0.444. The molecule has 1 aromatic carbocycles. The van der Waals surface area contributed by atoms with Gasteiger partial charge in [0.2, 0.25) is 0 Å². The minimum atomic E-state index is 0.0686. The summed E-state index contributed by atoms with van der Waals surface area (Å²) in [4.78, 5) is 18.9. The Labute approximate surface area is 146 Å². The summed E-state index contributed by atoms with van der Waals surface area (Å²) in [5.74, 6) is 0.0686. The van der Waals surface area contributed by atoms with Crippen LogP contribution in [0.25, 0.3) is 0 Å². The number of carbonyl (C=O) groups excluding carboxylic acids is 1. The van der Waals surface area contributed by atoms with Crippen LogP contribution >= 0.6 is 11.3 Å². The molecule has 24 heavy (non-hydrogen) atoms. The molecule has 1 aliphatic rings. The molecule has 3 rings (SSSR count). The van der Waals surface area contributed by atoms with Crippen LogP contribution in [0.5, 0.6) is 0 Å². The van der Waals surface area contributed by atoms with Crippen molar-refractivity contribution in [1.29, 1.82) is 0 Å². The summed E-state index contributed by atoms with van der Waals surface area (Å²) in [7, 11) is 0. The maximum atomic E-state index is 12.6. The van der Waals surface area contributed by atoms with Crippen molar-refractivity contribution in [2.45, 2.75) is 39.5 Å². The number of morpholine rings is 1. The number of anilines is 1. The first-order chi connectivity index (χ1) is 11.5. The number of carbonyl (C=O) groups is 1. The summed E-state index contributed by atoms with van der Waals surface area (Å²) in [5, 5.41) is 6.44. The van der Waals surface area contributed by atoms with Crippen molar-refractivity contribution >= 4 is 22.9 Å². The highest BCUT2D eigenvalue weighted by atomic mass is 32.1. The third kappa shape index (κ3) is 4.13. The van der Waals surface area contributed by atoms with Gasteiger partial charge in [-0.05, 0) is 45.0 Å². The lowest BCUT2D eigenvalue weighted by atomic mass is 10.1. The third-order valence-corrected chi connectivity index (χ3v) is 4.92. The number of hydrogen-bond acceptors (Lipinski definition) is 5. The van der Waals surface area contributed by atoms with Gasteiger partial charge in [-0.25, -0.2) is 4.98 Å². The number of ether oxygens (including phenoxy) is 1. The highest BCUT2D eigenvalue weighted by Gasteiger charge is 2.26.